The molecule has 0 aromatic heterocycles. The molecule has 0 aliphatic carbocycles. The fraction of sp³-hybridized carbons (Fsp3) is 0.333. The van der Waals surface area contributed by atoms with E-state index in [1.54, 1.807) is 30.3 Å². The third-order valence-corrected chi connectivity index (χ3v) is 2.46. The molecule has 1 unspecified atom stereocenters. The van der Waals surface area contributed by atoms with E-state index in [2.05, 4.69) is 15.9 Å². The second-order valence-electron chi connectivity index (χ2n) is 2.70. The number of rotatable bonds is 2. The number of hydrogen-bond donors (Lipinski definition) is 0. The zero-order valence-corrected chi connectivity index (χ0v) is 8.27. The maximum absolute atomic E-state index is 12.1. The number of alkyl halides is 4. The molecule has 1 rings (SSSR count). The average molecular weight is 253 g/mol. The quantitative estimate of drug-likeness (QED) is 0.707. The third-order valence-electron chi connectivity index (χ3n) is 1.61. The molecule has 0 radical (unpaired) electrons. The van der Waals surface area contributed by atoms with Crippen molar-refractivity contribution >= 4 is 15.9 Å². The molecule has 0 nitrogen and oxygen atoms in total. The summed E-state index contributed by atoms with van der Waals surface area (Å²) in [5.74, 6) is 0. The average Bonchev–Trinajstić information content (AvgIpc) is 2.04. The van der Waals surface area contributed by atoms with E-state index in [1.807, 2.05) is 0 Å². The lowest BCUT2D eigenvalue weighted by atomic mass is 10.1. The highest BCUT2D eigenvalue weighted by Crippen LogP contribution is 2.28. The minimum absolute atomic E-state index is 0.0235. The summed E-state index contributed by atoms with van der Waals surface area (Å²) in [4.78, 5) is -1.46. The molecule has 0 fully saturated rings. The van der Waals surface area contributed by atoms with E-state index < -0.39 is 11.0 Å². The van der Waals surface area contributed by atoms with Crippen molar-refractivity contribution in [3.8, 4) is 0 Å². The van der Waals surface area contributed by atoms with E-state index in [0.29, 0.717) is 5.56 Å². The lowest BCUT2D eigenvalue weighted by Gasteiger charge is -2.13. The van der Waals surface area contributed by atoms with Gasteiger partial charge in [-0.2, -0.15) is 13.2 Å². The Morgan fingerprint density at radius 1 is 1.15 bits per heavy atom. The molecular formula is C9H8BrF3. The molecule has 0 amide bonds. The minimum atomic E-state index is -4.17. The van der Waals surface area contributed by atoms with E-state index in [1.165, 1.54) is 0 Å². The van der Waals surface area contributed by atoms with Gasteiger partial charge in [-0.1, -0.05) is 46.3 Å². The standard InChI is InChI=1S/C9H8BrF3/c10-8(9(11,12)13)6-7-4-2-1-3-5-7/h1-5,8H,6H2. The summed E-state index contributed by atoms with van der Waals surface area (Å²) in [6, 6.07) is 8.59. The maximum atomic E-state index is 12.1. The lowest BCUT2D eigenvalue weighted by Crippen LogP contribution is -2.24. The molecule has 0 bridgehead atoms. The van der Waals surface area contributed by atoms with E-state index in [-0.39, 0.29) is 6.42 Å². The molecule has 1 aromatic carbocycles. The predicted octanol–water partition coefficient (Wildman–Crippen LogP) is 3.55. The van der Waals surface area contributed by atoms with Crippen LogP contribution in [0.5, 0.6) is 0 Å². The fourth-order valence-corrected chi connectivity index (χ4v) is 1.31. The first-order valence-electron chi connectivity index (χ1n) is 3.75. The summed E-state index contributed by atoms with van der Waals surface area (Å²) < 4.78 is 36.3. The molecule has 0 aliphatic heterocycles. The molecular weight excluding hydrogens is 245 g/mol. The number of halogens is 4. The van der Waals surface area contributed by atoms with Gasteiger partial charge in [-0.3, -0.25) is 0 Å². The summed E-state index contributed by atoms with van der Waals surface area (Å²) in [6.45, 7) is 0. The molecule has 0 aliphatic rings. The Morgan fingerprint density at radius 2 is 1.69 bits per heavy atom. The van der Waals surface area contributed by atoms with Crippen LogP contribution in [0.4, 0.5) is 13.2 Å². The molecule has 0 heterocycles. The Balaban J connectivity index is 2.61. The van der Waals surface area contributed by atoms with Crippen molar-refractivity contribution in [1.82, 2.24) is 0 Å². The zero-order chi connectivity index (χ0) is 9.90. The first-order valence-corrected chi connectivity index (χ1v) is 4.66. The van der Waals surface area contributed by atoms with E-state index in [4.69, 9.17) is 0 Å². The van der Waals surface area contributed by atoms with Gasteiger partial charge in [0.15, 0.2) is 0 Å². The molecule has 13 heavy (non-hydrogen) atoms. The number of hydrogen-bond acceptors (Lipinski definition) is 0. The van der Waals surface area contributed by atoms with Crippen molar-refractivity contribution in [3.05, 3.63) is 35.9 Å². The van der Waals surface area contributed by atoms with Crippen LogP contribution in [0.25, 0.3) is 0 Å². The van der Waals surface area contributed by atoms with Gasteiger partial charge in [-0.25, -0.2) is 0 Å². The van der Waals surface area contributed by atoms with Gasteiger partial charge in [0, 0.05) is 0 Å². The topological polar surface area (TPSA) is 0 Å². The van der Waals surface area contributed by atoms with Crippen LogP contribution in [0, 0.1) is 0 Å². The predicted molar refractivity (Wildman–Crippen MR) is 48.9 cm³/mol. The van der Waals surface area contributed by atoms with Crippen molar-refractivity contribution in [1.29, 1.82) is 0 Å². The second-order valence-corrected chi connectivity index (χ2v) is 3.80. The van der Waals surface area contributed by atoms with Crippen molar-refractivity contribution < 1.29 is 13.2 Å². The van der Waals surface area contributed by atoms with Crippen LogP contribution in [-0.4, -0.2) is 11.0 Å². The monoisotopic (exact) mass is 252 g/mol. The SMILES string of the molecule is FC(F)(F)C(Br)Cc1ccccc1. The van der Waals surface area contributed by atoms with Gasteiger partial charge in [0.1, 0.15) is 4.83 Å². The Hall–Kier alpha value is -0.510. The van der Waals surface area contributed by atoms with Gasteiger partial charge in [0.25, 0.3) is 0 Å². The Labute approximate surface area is 82.9 Å². The van der Waals surface area contributed by atoms with Crippen LogP contribution < -0.4 is 0 Å². The van der Waals surface area contributed by atoms with Gasteiger partial charge in [-0.05, 0) is 12.0 Å². The smallest absolute Gasteiger partial charge is 0.170 e. The molecule has 0 spiro atoms. The Kier molecular flexibility index (Phi) is 3.36. The van der Waals surface area contributed by atoms with Crippen LogP contribution in [0.15, 0.2) is 30.3 Å². The largest absolute Gasteiger partial charge is 0.401 e. The lowest BCUT2D eigenvalue weighted by molar-refractivity contribution is -0.126. The molecule has 0 saturated heterocycles. The first-order chi connectivity index (χ1) is 6.00. The molecule has 0 N–H and O–H groups in total. The maximum Gasteiger partial charge on any atom is 0.401 e. The summed E-state index contributed by atoms with van der Waals surface area (Å²) in [7, 11) is 0. The summed E-state index contributed by atoms with van der Waals surface area (Å²) in [5, 5.41) is 0. The van der Waals surface area contributed by atoms with Gasteiger partial charge < -0.3 is 0 Å². The molecule has 1 atom stereocenters. The summed E-state index contributed by atoms with van der Waals surface area (Å²) >= 11 is 2.61. The molecule has 4 heteroatoms. The first kappa shape index (κ1) is 10.6. The van der Waals surface area contributed by atoms with Crippen LogP contribution in [0.3, 0.4) is 0 Å². The second kappa shape index (κ2) is 4.13. The van der Waals surface area contributed by atoms with Crippen LogP contribution in [0.1, 0.15) is 5.56 Å². The van der Waals surface area contributed by atoms with E-state index in [0.717, 1.165) is 0 Å². The minimum Gasteiger partial charge on any atom is -0.170 e. The molecule has 0 saturated carbocycles. The Bertz CT molecular complexity index is 255. The van der Waals surface area contributed by atoms with E-state index in [9.17, 15) is 13.2 Å². The van der Waals surface area contributed by atoms with Crippen molar-refractivity contribution in [2.24, 2.45) is 0 Å². The van der Waals surface area contributed by atoms with Crippen LogP contribution in [-0.2, 0) is 6.42 Å². The highest BCUT2D eigenvalue weighted by atomic mass is 79.9. The van der Waals surface area contributed by atoms with Crippen LogP contribution in [0.2, 0.25) is 0 Å². The van der Waals surface area contributed by atoms with Gasteiger partial charge in [0.05, 0.1) is 0 Å². The summed E-state index contributed by atoms with van der Waals surface area (Å²) in [5.41, 5.74) is 0.682. The normalized spacial score (nSPS) is 14.2. The van der Waals surface area contributed by atoms with Gasteiger partial charge in [0.2, 0.25) is 0 Å². The zero-order valence-electron chi connectivity index (χ0n) is 6.68. The van der Waals surface area contributed by atoms with Gasteiger partial charge in [-0.15, -0.1) is 0 Å². The highest BCUT2D eigenvalue weighted by Gasteiger charge is 2.37. The van der Waals surface area contributed by atoms with Crippen molar-refractivity contribution in [2.75, 3.05) is 0 Å². The highest BCUT2D eigenvalue weighted by molar-refractivity contribution is 9.09. The van der Waals surface area contributed by atoms with Crippen molar-refractivity contribution in [3.63, 3.8) is 0 Å². The van der Waals surface area contributed by atoms with Gasteiger partial charge >= 0.3 is 6.18 Å². The fourth-order valence-electron chi connectivity index (χ4n) is 0.937. The van der Waals surface area contributed by atoms with Crippen LogP contribution >= 0.6 is 15.9 Å². The Morgan fingerprint density at radius 3 is 2.15 bits per heavy atom. The third kappa shape index (κ3) is 3.38. The molecule has 72 valence electrons. The molecule has 1 aromatic rings. The number of benzene rings is 1. The summed E-state index contributed by atoms with van der Waals surface area (Å²) in [6.07, 6.45) is -4.19. The van der Waals surface area contributed by atoms with Crippen molar-refractivity contribution in [2.45, 2.75) is 17.4 Å². The van der Waals surface area contributed by atoms with E-state index >= 15 is 0 Å².